The maximum atomic E-state index is 12.1. The van der Waals surface area contributed by atoms with Crippen LogP contribution in [0.5, 0.6) is 5.75 Å². The molecule has 3 aromatic rings. The van der Waals surface area contributed by atoms with Crippen LogP contribution in [0.1, 0.15) is 16.3 Å². The van der Waals surface area contributed by atoms with E-state index in [0.29, 0.717) is 17.3 Å². The predicted molar refractivity (Wildman–Crippen MR) is 80.2 cm³/mol. The molecule has 5 nitrogen and oxygen atoms in total. The second kappa shape index (κ2) is 5.58. The number of carbonyl (C=O) groups is 1. The van der Waals surface area contributed by atoms with Gasteiger partial charge in [0.05, 0.1) is 23.8 Å². The molecule has 0 atom stereocenters. The Hall–Kier alpha value is -2.95. The highest BCUT2D eigenvalue weighted by Gasteiger charge is 2.08. The van der Waals surface area contributed by atoms with Crippen LogP contribution >= 0.6 is 0 Å². The van der Waals surface area contributed by atoms with Crippen molar-refractivity contribution >= 4 is 22.9 Å². The minimum Gasteiger partial charge on any atom is -0.497 e. The number of ether oxygens (including phenoxy) is 1. The third kappa shape index (κ3) is 2.81. The van der Waals surface area contributed by atoms with Crippen LogP contribution in [0.3, 0.4) is 0 Å². The Balaban J connectivity index is 1.83. The number of fused-ring (bicyclic) bond motifs is 1. The first-order valence-corrected chi connectivity index (χ1v) is 6.43. The summed E-state index contributed by atoms with van der Waals surface area (Å²) in [6.07, 6.45) is 4.71. The third-order valence-corrected chi connectivity index (χ3v) is 3.02. The van der Waals surface area contributed by atoms with E-state index in [1.54, 1.807) is 31.5 Å². The molecule has 0 fully saturated rings. The van der Waals surface area contributed by atoms with E-state index in [4.69, 9.17) is 4.74 Å². The fourth-order valence-electron chi connectivity index (χ4n) is 1.96. The molecule has 0 bridgehead atoms. The number of carbonyl (C=O) groups excluding carboxylic acids is 1. The zero-order chi connectivity index (χ0) is 14.7. The van der Waals surface area contributed by atoms with Crippen molar-refractivity contribution in [1.82, 2.24) is 15.0 Å². The summed E-state index contributed by atoms with van der Waals surface area (Å²) >= 11 is 0. The van der Waals surface area contributed by atoms with Crippen LogP contribution in [-0.2, 0) is 0 Å². The summed E-state index contributed by atoms with van der Waals surface area (Å²) in [6.45, 7) is 0. The minimum atomic E-state index is -0.198. The molecule has 0 saturated carbocycles. The maximum absolute atomic E-state index is 12.1. The van der Waals surface area contributed by atoms with Crippen LogP contribution in [0.4, 0.5) is 0 Å². The van der Waals surface area contributed by atoms with Crippen LogP contribution in [0.15, 0.2) is 48.7 Å². The van der Waals surface area contributed by atoms with Gasteiger partial charge >= 0.3 is 0 Å². The van der Waals surface area contributed by atoms with Crippen molar-refractivity contribution in [3.63, 3.8) is 0 Å². The van der Waals surface area contributed by atoms with Crippen molar-refractivity contribution < 1.29 is 9.53 Å². The molecule has 2 heterocycles. The molecule has 1 aromatic carbocycles. The summed E-state index contributed by atoms with van der Waals surface area (Å²) in [5.74, 6) is 0.812. The lowest BCUT2D eigenvalue weighted by Gasteiger charge is -1.98. The number of imidazole rings is 1. The largest absolute Gasteiger partial charge is 0.497 e. The van der Waals surface area contributed by atoms with E-state index in [-0.39, 0.29) is 5.78 Å². The Morgan fingerprint density at radius 1 is 1.29 bits per heavy atom. The number of ketones is 1. The highest BCUT2D eigenvalue weighted by Crippen LogP contribution is 2.13. The van der Waals surface area contributed by atoms with Crippen LogP contribution in [0.2, 0.25) is 0 Å². The molecule has 2 aromatic heterocycles. The SMILES string of the molecule is COc1ccnc(/C=C/C(=O)c2nc3ccccc3[nH]2)c1. The fraction of sp³-hybridized carbons (Fsp3) is 0.0625. The molecule has 0 saturated heterocycles. The van der Waals surface area contributed by atoms with Crippen LogP contribution in [0.25, 0.3) is 17.1 Å². The normalized spacial score (nSPS) is 11.1. The third-order valence-electron chi connectivity index (χ3n) is 3.02. The average Bonchev–Trinajstić information content (AvgIpc) is 2.97. The fourth-order valence-corrected chi connectivity index (χ4v) is 1.96. The van der Waals surface area contributed by atoms with Crippen molar-refractivity contribution in [1.29, 1.82) is 0 Å². The summed E-state index contributed by atoms with van der Waals surface area (Å²) in [5.41, 5.74) is 2.27. The topological polar surface area (TPSA) is 67.9 Å². The highest BCUT2D eigenvalue weighted by molar-refractivity contribution is 6.05. The van der Waals surface area contributed by atoms with E-state index in [1.807, 2.05) is 24.3 Å². The van der Waals surface area contributed by atoms with Gasteiger partial charge in [0.25, 0.3) is 0 Å². The molecular weight excluding hydrogens is 266 g/mol. The molecule has 3 rings (SSSR count). The van der Waals surface area contributed by atoms with E-state index in [9.17, 15) is 4.79 Å². The highest BCUT2D eigenvalue weighted by atomic mass is 16.5. The Labute approximate surface area is 121 Å². The van der Waals surface area contributed by atoms with Gasteiger partial charge in [-0.3, -0.25) is 9.78 Å². The Kier molecular flexibility index (Phi) is 3.47. The van der Waals surface area contributed by atoms with Crippen molar-refractivity contribution in [2.24, 2.45) is 0 Å². The number of H-pyrrole nitrogens is 1. The van der Waals surface area contributed by atoms with Crippen molar-refractivity contribution in [3.05, 3.63) is 60.2 Å². The number of para-hydroxylation sites is 2. The smallest absolute Gasteiger partial charge is 0.221 e. The molecule has 1 N–H and O–H groups in total. The molecule has 0 spiro atoms. The monoisotopic (exact) mass is 279 g/mol. The summed E-state index contributed by atoms with van der Waals surface area (Å²) in [5, 5.41) is 0. The number of nitrogens with zero attached hydrogens (tertiary/aromatic N) is 2. The summed E-state index contributed by atoms with van der Waals surface area (Å²) < 4.78 is 5.11. The number of allylic oxidation sites excluding steroid dienone is 1. The number of aromatic amines is 1. The number of benzene rings is 1. The second-order valence-electron chi connectivity index (χ2n) is 4.42. The number of nitrogens with one attached hydrogen (secondary N) is 1. The van der Waals surface area contributed by atoms with E-state index >= 15 is 0 Å². The van der Waals surface area contributed by atoms with E-state index < -0.39 is 0 Å². The number of hydrogen-bond donors (Lipinski definition) is 1. The quantitative estimate of drug-likeness (QED) is 0.589. The number of hydrogen-bond acceptors (Lipinski definition) is 4. The van der Waals surface area contributed by atoms with E-state index in [2.05, 4.69) is 15.0 Å². The molecule has 0 unspecified atom stereocenters. The Morgan fingerprint density at radius 2 is 2.14 bits per heavy atom. The van der Waals surface area contributed by atoms with Gasteiger partial charge in [0.2, 0.25) is 5.78 Å². The lowest BCUT2D eigenvalue weighted by molar-refractivity contribution is 0.103. The predicted octanol–water partition coefficient (Wildman–Crippen LogP) is 2.86. The zero-order valence-electron chi connectivity index (χ0n) is 11.4. The Morgan fingerprint density at radius 3 is 2.95 bits per heavy atom. The van der Waals surface area contributed by atoms with E-state index in [1.165, 1.54) is 6.08 Å². The average molecular weight is 279 g/mol. The van der Waals surface area contributed by atoms with Gasteiger partial charge in [-0.25, -0.2) is 4.98 Å². The first-order chi connectivity index (χ1) is 10.3. The molecule has 0 aliphatic carbocycles. The van der Waals surface area contributed by atoms with Gasteiger partial charge in [0.15, 0.2) is 5.82 Å². The first-order valence-electron chi connectivity index (χ1n) is 6.43. The van der Waals surface area contributed by atoms with Gasteiger partial charge in [-0.2, -0.15) is 0 Å². The number of methoxy groups -OCH3 is 1. The molecule has 21 heavy (non-hydrogen) atoms. The summed E-state index contributed by atoms with van der Waals surface area (Å²) in [4.78, 5) is 23.5. The van der Waals surface area contributed by atoms with Gasteiger partial charge < -0.3 is 9.72 Å². The minimum absolute atomic E-state index is 0.198. The number of aromatic nitrogens is 3. The first kappa shape index (κ1) is 13.1. The molecule has 104 valence electrons. The molecular formula is C16H13N3O2. The lowest BCUT2D eigenvalue weighted by Crippen LogP contribution is -1.97. The molecule has 0 radical (unpaired) electrons. The molecule has 5 heteroatoms. The lowest BCUT2D eigenvalue weighted by atomic mass is 10.2. The van der Waals surface area contributed by atoms with Crippen molar-refractivity contribution in [2.75, 3.05) is 7.11 Å². The van der Waals surface area contributed by atoms with Crippen LogP contribution in [0, 0.1) is 0 Å². The van der Waals surface area contributed by atoms with Crippen LogP contribution < -0.4 is 4.74 Å². The Bertz CT molecular complexity index is 788. The van der Waals surface area contributed by atoms with Gasteiger partial charge in [-0.15, -0.1) is 0 Å². The second-order valence-corrected chi connectivity index (χ2v) is 4.42. The maximum Gasteiger partial charge on any atom is 0.221 e. The molecule has 0 aliphatic rings. The number of rotatable bonds is 4. The van der Waals surface area contributed by atoms with Crippen molar-refractivity contribution in [3.8, 4) is 5.75 Å². The number of pyridine rings is 1. The standard InChI is InChI=1S/C16H13N3O2/c1-21-12-8-9-17-11(10-12)6-7-15(20)16-18-13-4-2-3-5-14(13)19-16/h2-10H,1H3,(H,18,19)/b7-6+. The summed E-state index contributed by atoms with van der Waals surface area (Å²) in [7, 11) is 1.59. The van der Waals surface area contributed by atoms with Gasteiger partial charge in [0.1, 0.15) is 5.75 Å². The van der Waals surface area contributed by atoms with Gasteiger partial charge in [0, 0.05) is 12.3 Å². The van der Waals surface area contributed by atoms with Crippen LogP contribution in [-0.4, -0.2) is 27.8 Å². The van der Waals surface area contributed by atoms with Gasteiger partial charge in [-0.05, 0) is 30.4 Å². The molecule has 0 aliphatic heterocycles. The van der Waals surface area contributed by atoms with Crippen molar-refractivity contribution in [2.45, 2.75) is 0 Å². The van der Waals surface area contributed by atoms with Gasteiger partial charge in [-0.1, -0.05) is 12.1 Å². The molecule has 0 amide bonds. The zero-order valence-corrected chi connectivity index (χ0v) is 11.4. The summed E-state index contributed by atoms with van der Waals surface area (Å²) in [6, 6.07) is 11.0. The van der Waals surface area contributed by atoms with E-state index in [0.717, 1.165) is 11.0 Å².